The van der Waals surface area contributed by atoms with Crippen LogP contribution in [0.1, 0.15) is 25.7 Å². The first kappa shape index (κ1) is 17.4. The SMILES string of the molecule is O=C(Nc1ccccc1)C1CCC(C(=O)Nc2ccc3c(c2)OCO3)CC1. The Morgan fingerprint density at radius 2 is 1.33 bits per heavy atom. The van der Waals surface area contributed by atoms with Gasteiger partial charge in [0, 0.05) is 29.3 Å². The summed E-state index contributed by atoms with van der Waals surface area (Å²) < 4.78 is 10.6. The molecule has 1 aliphatic heterocycles. The van der Waals surface area contributed by atoms with Crippen LogP contribution >= 0.6 is 0 Å². The van der Waals surface area contributed by atoms with Gasteiger partial charge in [0.2, 0.25) is 18.6 Å². The summed E-state index contributed by atoms with van der Waals surface area (Å²) in [6, 6.07) is 14.8. The highest BCUT2D eigenvalue weighted by Gasteiger charge is 2.30. The molecule has 140 valence electrons. The monoisotopic (exact) mass is 366 g/mol. The van der Waals surface area contributed by atoms with E-state index in [2.05, 4.69) is 10.6 Å². The molecule has 2 aromatic rings. The van der Waals surface area contributed by atoms with Crippen molar-refractivity contribution in [3.63, 3.8) is 0 Å². The van der Waals surface area contributed by atoms with Gasteiger partial charge in [0.1, 0.15) is 0 Å². The lowest BCUT2D eigenvalue weighted by atomic mass is 9.81. The maximum atomic E-state index is 12.6. The number of anilines is 2. The Morgan fingerprint density at radius 1 is 0.741 bits per heavy atom. The zero-order chi connectivity index (χ0) is 18.6. The van der Waals surface area contributed by atoms with E-state index in [4.69, 9.17) is 9.47 Å². The number of carbonyl (C=O) groups is 2. The summed E-state index contributed by atoms with van der Waals surface area (Å²) in [7, 11) is 0. The molecule has 0 bridgehead atoms. The lowest BCUT2D eigenvalue weighted by Crippen LogP contribution is -2.32. The van der Waals surface area contributed by atoms with E-state index in [-0.39, 0.29) is 30.4 Å². The molecule has 6 heteroatoms. The zero-order valence-electron chi connectivity index (χ0n) is 14.9. The number of nitrogens with one attached hydrogen (secondary N) is 2. The van der Waals surface area contributed by atoms with Crippen molar-refractivity contribution in [3.8, 4) is 11.5 Å². The second-order valence-electron chi connectivity index (χ2n) is 6.96. The van der Waals surface area contributed by atoms with Crippen molar-refractivity contribution in [1.29, 1.82) is 0 Å². The Balaban J connectivity index is 1.28. The second kappa shape index (κ2) is 7.70. The Labute approximate surface area is 157 Å². The molecule has 0 radical (unpaired) electrons. The van der Waals surface area contributed by atoms with Crippen molar-refractivity contribution in [2.45, 2.75) is 25.7 Å². The fourth-order valence-electron chi connectivity index (χ4n) is 3.60. The molecule has 1 saturated carbocycles. The molecular weight excluding hydrogens is 344 g/mol. The van der Waals surface area contributed by atoms with E-state index in [1.807, 2.05) is 36.4 Å². The third-order valence-electron chi connectivity index (χ3n) is 5.15. The summed E-state index contributed by atoms with van der Waals surface area (Å²) in [6.45, 7) is 0.210. The van der Waals surface area contributed by atoms with E-state index in [1.54, 1.807) is 12.1 Å². The quantitative estimate of drug-likeness (QED) is 0.863. The lowest BCUT2D eigenvalue weighted by Gasteiger charge is -2.27. The smallest absolute Gasteiger partial charge is 0.231 e. The number of hydrogen-bond acceptors (Lipinski definition) is 4. The predicted octanol–water partition coefficient (Wildman–Crippen LogP) is 3.80. The van der Waals surface area contributed by atoms with Gasteiger partial charge in [-0.05, 0) is 49.9 Å². The van der Waals surface area contributed by atoms with Gasteiger partial charge in [-0.2, -0.15) is 0 Å². The summed E-state index contributed by atoms with van der Waals surface area (Å²) in [5.74, 6) is 1.26. The largest absolute Gasteiger partial charge is 0.454 e. The molecule has 0 unspecified atom stereocenters. The highest BCUT2D eigenvalue weighted by atomic mass is 16.7. The summed E-state index contributed by atoms with van der Waals surface area (Å²) in [6.07, 6.45) is 2.86. The molecule has 4 rings (SSSR count). The molecule has 0 aromatic heterocycles. The number of ether oxygens (including phenoxy) is 2. The molecule has 0 spiro atoms. The number of fused-ring (bicyclic) bond motifs is 1. The zero-order valence-corrected chi connectivity index (χ0v) is 14.9. The van der Waals surface area contributed by atoms with Crippen LogP contribution in [0.2, 0.25) is 0 Å². The Hall–Kier alpha value is -3.02. The lowest BCUT2D eigenvalue weighted by molar-refractivity contribution is -0.125. The van der Waals surface area contributed by atoms with Crippen LogP contribution in [0.4, 0.5) is 11.4 Å². The van der Waals surface area contributed by atoms with Gasteiger partial charge in [0.25, 0.3) is 0 Å². The second-order valence-corrected chi connectivity index (χ2v) is 6.96. The maximum Gasteiger partial charge on any atom is 0.231 e. The molecule has 0 saturated heterocycles. The molecule has 1 heterocycles. The van der Waals surface area contributed by atoms with Crippen molar-refractivity contribution in [1.82, 2.24) is 0 Å². The molecule has 2 aromatic carbocycles. The number of amides is 2. The first-order valence-corrected chi connectivity index (χ1v) is 9.25. The predicted molar refractivity (Wildman–Crippen MR) is 102 cm³/mol. The Kier molecular flexibility index (Phi) is 4.96. The normalized spacial score (nSPS) is 20.7. The van der Waals surface area contributed by atoms with Crippen LogP contribution in [0.25, 0.3) is 0 Å². The van der Waals surface area contributed by atoms with Crippen LogP contribution in [0.15, 0.2) is 48.5 Å². The molecule has 6 nitrogen and oxygen atoms in total. The molecule has 2 amide bonds. The van der Waals surface area contributed by atoms with Gasteiger partial charge in [0.05, 0.1) is 0 Å². The minimum Gasteiger partial charge on any atom is -0.454 e. The van der Waals surface area contributed by atoms with Gasteiger partial charge in [-0.3, -0.25) is 9.59 Å². The third-order valence-corrected chi connectivity index (χ3v) is 5.15. The highest BCUT2D eigenvalue weighted by molar-refractivity contribution is 5.94. The average Bonchev–Trinajstić information content (AvgIpc) is 3.16. The fourth-order valence-corrected chi connectivity index (χ4v) is 3.60. The Bertz CT molecular complexity index is 829. The van der Waals surface area contributed by atoms with Gasteiger partial charge in [-0.25, -0.2) is 0 Å². The van der Waals surface area contributed by atoms with Crippen LogP contribution in [0.3, 0.4) is 0 Å². The first-order chi connectivity index (χ1) is 13.2. The van der Waals surface area contributed by atoms with E-state index >= 15 is 0 Å². The molecule has 2 aliphatic rings. The third kappa shape index (κ3) is 4.05. The molecule has 1 aliphatic carbocycles. The molecule has 2 N–H and O–H groups in total. The van der Waals surface area contributed by atoms with Crippen molar-refractivity contribution >= 4 is 23.2 Å². The van der Waals surface area contributed by atoms with E-state index in [1.165, 1.54) is 0 Å². The van der Waals surface area contributed by atoms with Crippen molar-refractivity contribution in [3.05, 3.63) is 48.5 Å². The van der Waals surface area contributed by atoms with Crippen LogP contribution < -0.4 is 20.1 Å². The van der Waals surface area contributed by atoms with Crippen LogP contribution in [-0.4, -0.2) is 18.6 Å². The van der Waals surface area contributed by atoms with Crippen LogP contribution in [0.5, 0.6) is 11.5 Å². The molecule has 1 fully saturated rings. The van der Waals surface area contributed by atoms with Gasteiger partial charge in [-0.15, -0.1) is 0 Å². The van der Waals surface area contributed by atoms with Crippen LogP contribution in [0, 0.1) is 11.8 Å². The summed E-state index contributed by atoms with van der Waals surface area (Å²) in [5.41, 5.74) is 1.51. The summed E-state index contributed by atoms with van der Waals surface area (Å²) in [5, 5.41) is 5.90. The van der Waals surface area contributed by atoms with E-state index in [9.17, 15) is 9.59 Å². The van der Waals surface area contributed by atoms with Crippen molar-refractivity contribution < 1.29 is 19.1 Å². The maximum absolute atomic E-state index is 12.6. The number of rotatable bonds is 4. The number of para-hydroxylation sites is 1. The standard InChI is InChI=1S/C21H22N2O4/c24-20(22-16-4-2-1-3-5-16)14-6-8-15(9-7-14)21(25)23-17-10-11-18-19(12-17)27-13-26-18/h1-5,10-12,14-15H,6-9,13H2,(H,22,24)(H,23,25). The highest BCUT2D eigenvalue weighted by Crippen LogP contribution is 2.35. The summed E-state index contributed by atoms with van der Waals surface area (Å²) >= 11 is 0. The van der Waals surface area contributed by atoms with E-state index < -0.39 is 0 Å². The minimum absolute atomic E-state index is 0.00390. The molecule has 0 atom stereocenters. The van der Waals surface area contributed by atoms with Gasteiger partial charge >= 0.3 is 0 Å². The van der Waals surface area contributed by atoms with Crippen molar-refractivity contribution in [2.24, 2.45) is 11.8 Å². The van der Waals surface area contributed by atoms with Gasteiger partial charge in [-0.1, -0.05) is 18.2 Å². The first-order valence-electron chi connectivity index (χ1n) is 9.25. The van der Waals surface area contributed by atoms with E-state index in [0.29, 0.717) is 30.0 Å². The molecule has 27 heavy (non-hydrogen) atoms. The topological polar surface area (TPSA) is 76.7 Å². The molecular formula is C21H22N2O4. The number of hydrogen-bond donors (Lipinski definition) is 2. The van der Waals surface area contributed by atoms with Gasteiger partial charge in [0.15, 0.2) is 11.5 Å². The van der Waals surface area contributed by atoms with Crippen molar-refractivity contribution in [2.75, 3.05) is 17.4 Å². The Morgan fingerprint density at radius 3 is 2.00 bits per heavy atom. The fraction of sp³-hybridized carbons (Fsp3) is 0.333. The van der Waals surface area contributed by atoms with E-state index in [0.717, 1.165) is 18.5 Å². The summed E-state index contributed by atoms with van der Waals surface area (Å²) in [4.78, 5) is 25.0. The van der Waals surface area contributed by atoms with Crippen LogP contribution in [-0.2, 0) is 9.59 Å². The number of benzene rings is 2. The minimum atomic E-state index is -0.0730. The average molecular weight is 366 g/mol. The number of carbonyl (C=O) groups excluding carboxylic acids is 2. The van der Waals surface area contributed by atoms with Gasteiger partial charge < -0.3 is 20.1 Å².